The van der Waals surface area contributed by atoms with E-state index in [4.69, 9.17) is 0 Å². The van der Waals surface area contributed by atoms with E-state index in [0.29, 0.717) is 11.8 Å². The van der Waals surface area contributed by atoms with E-state index in [2.05, 4.69) is 45.4 Å². The summed E-state index contributed by atoms with van der Waals surface area (Å²) in [5.74, 6) is 0.590. The van der Waals surface area contributed by atoms with Crippen LogP contribution in [0.1, 0.15) is 44.1 Å². The Balaban J connectivity index is 1.31. The summed E-state index contributed by atoms with van der Waals surface area (Å²) in [5, 5.41) is 3.15. The summed E-state index contributed by atoms with van der Waals surface area (Å²) in [4.78, 5) is 17.2. The van der Waals surface area contributed by atoms with Crippen LogP contribution in [0.15, 0.2) is 30.3 Å². The zero-order valence-corrected chi connectivity index (χ0v) is 15.5. The van der Waals surface area contributed by atoms with Gasteiger partial charge in [-0.3, -0.25) is 9.69 Å². The van der Waals surface area contributed by atoms with Gasteiger partial charge >= 0.3 is 0 Å². The number of nitrogens with zero attached hydrogens (tertiary/aromatic N) is 2. The molecule has 1 aliphatic carbocycles. The highest BCUT2D eigenvalue weighted by molar-refractivity contribution is 5.78. The number of hydrogen-bond acceptors (Lipinski definition) is 3. The quantitative estimate of drug-likeness (QED) is 0.773. The van der Waals surface area contributed by atoms with Gasteiger partial charge < -0.3 is 10.2 Å². The minimum Gasteiger partial charge on any atom is -0.356 e. The maximum Gasteiger partial charge on any atom is 0.223 e. The number of rotatable bonds is 7. The van der Waals surface area contributed by atoms with Gasteiger partial charge in [0, 0.05) is 32.1 Å². The molecule has 4 nitrogen and oxygen atoms in total. The first-order chi connectivity index (χ1) is 12.3. The number of amides is 1. The van der Waals surface area contributed by atoms with Crippen LogP contribution in [0.25, 0.3) is 0 Å². The summed E-state index contributed by atoms with van der Waals surface area (Å²) >= 11 is 0. The van der Waals surface area contributed by atoms with Gasteiger partial charge in [0.2, 0.25) is 5.91 Å². The second-order valence-corrected chi connectivity index (χ2v) is 7.58. The molecular formula is C21H33N3O. The molecule has 2 aliphatic rings. The van der Waals surface area contributed by atoms with Crippen molar-refractivity contribution in [1.82, 2.24) is 15.1 Å². The molecule has 0 unspecified atom stereocenters. The zero-order valence-electron chi connectivity index (χ0n) is 15.5. The predicted molar refractivity (Wildman–Crippen MR) is 102 cm³/mol. The van der Waals surface area contributed by atoms with Gasteiger partial charge in [0.1, 0.15) is 0 Å². The summed E-state index contributed by atoms with van der Waals surface area (Å²) in [6.07, 6.45) is 6.94. The first-order valence-electron chi connectivity index (χ1n) is 10.1. The van der Waals surface area contributed by atoms with Gasteiger partial charge in [-0.25, -0.2) is 0 Å². The molecule has 3 rings (SSSR count). The average Bonchev–Trinajstić information content (AvgIpc) is 3.09. The molecule has 0 atom stereocenters. The Kier molecular flexibility index (Phi) is 7.31. The van der Waals surface area contributed by atoms with Gasteiger partial charge in [-0.1, -0.05) is 43.2 Å². The van der Waals surface area contributed by atoms with E-state index in [1.807, 2.05) is 0 Å². The van der Waals surface area contributed by atoms with Crippen LogP contribution in [0.2, 0.25) is 0 Å². The average molecular weight is 344 g/mol. The Morgan fingerprint density at radius 1 is 0.960 bits per heavy atom. The molecule has 2 fully saturated rings. The molecule has 1 heterocycles. The largest absolute Gasteiger partial charge is 0.356 e. The number of hydrogen-bond donors (Lipinski definition) is 1. The molecular weight excluding hydrogens is 310 g/mol. The van der Waals surface area contributed by atoms with E-state index < -0.39 is 0 Å². The van der Waals surface area contributed by atoms with Crippen molar-refractivity contribution in [2.24, 2.45) is 5.92 Å². The standard InChI is InChI=1S/C21H33N3O/c25-21(20-10-4-5-11-20)22-12-6-13-23-14-7-15-24(17-16-23)18-19-8-2-1-3-9-19/h1-3,8-9,20H,4-7,10-18H2,(H,22,25). The predicted octanol–water partition coefficient (Wildman–Crippen LogP) is 2.89. The number of nitrogens with one attached hydrogen (secondary N) is 1. The summed E-state index contributed by atoms with van der Waals surface area (Å²) in [6.45, 7) is 7.65. The fourth-order valence-corrected chi connectivity index (χ4v) is 4.09. The second kappa shape index (κ2) is 9.93. The summed E-state index contributed by atoms with van der Waals surface area (Å²) in [5.41, 5.74) is 1.41. The van der Waals surface area contributed by atoms with Crippen LogP contribution in [0.3, 0.4) is 0 Å². The van der Waals surface area contributed by atoms with Crippen molar-refractivity contribution in [3.05, 3.63) is 35.9 Å². The van der Waals surface area contributed by atoms with E-state index in [9.17, 15) is 4.79 Å². The molecule has 1 saturated heterocycles. The van der Waals surface area contributed by atoms with Gasteiger partial charge in [0.15, 0.2) is 0 Å². The summed E-state index contributed by atoms with van der Waals surface area (Å²) < 4.78 is 0. The molecule has 1 aromatic carbocycles. The van der Waals surface area contributed by atoms with Crippen LogP contribution in [0.5, 0.6) is 0 Å². The first kappa shape index (κ1) is 18.4. The number of carbonyl (C=O) groups excluding carboxylic acids is 1. The number of carbonyl (C=O) groups is 1. The maximum absolute atomic E-state index is 12.0. The van der Waals surface area contributed by atoms with Crippen LogP contribution in [0.4, 0.5) is 0 Å². The van der Waals surface area contributed by atoms with E-state index in [1.54, 1.807) is 0 Å². The Morgan fingerprint density at radius 2 is 1.68 bits per heavy atom. The smallest absolute Gasteiger partial charge is 0.223 e. The highest BCUT2D eigenvalue weighted by atomic mass is 16.1. The fourth-order valence-electron chi connectivity index (χ4n) is 4.09. The van der Waals surface area contributed by atoms with Crippen molar-refractivity contribution in [3.8, 4) is 0 Å². The molecule has 1 amide bonds. The van der Waals surface area contributed by atoms with Crippen molar-refractivity contribution in [2.75, 3.05) is 39.3 Å². The molecule has 4 heteroatoms. The third kappa shape index (κ3) is 6.12. The molecule has 1 N–H and O–H groups in total. The molecule has 0 bridgehead atoms. The summed E-state index contributed by atoms with van der Waals surface area (Å²) in [6, 6.07) is 10.8. The third-order valence-corrected chi connectivity index (χ3v) is 5.61. The van der Waals surface area contributed by atoms with E-state index in [-0.39, 0.29) is 0 Å². The molecule has 0 radical (unpaired) electrons. The molecule has 1 aliphatic heterocycles. The monoisotopic (exact) mass is 343 g/mol. The maximum atomic E-state index is 12.0. The minimum atomic E-state index is 0.294. The van der Waals surface area contributed by atoms with Gasteiger partial charge in [-0.05, 0) is 50.9 Å². The lowest BCUT2D eigenvalue weighted by Gasteiger charge is -2.22. The highest BCUT2D eigenvalue weighted by Crippen LogP contribution is 2.24. The molecule has 1 aromatic rings. The van der Waals surface area contributed by atoms with Gasteiger partial charge in [-0.2, -0.15) is 0 Å². The first-order valence-corrected chi connectivity index (χ1v) is 10.1. The Morgan fingerprint density at radius 3 is 2.48 bits per heavy atom. The lowest BCUT2D eigenvalue weighted by atomic mass is 10.1. The SMILES string of the molecule is O=C(NCCCN1CCCN(Cc2ccccc2)CC1)C1CCCC1. The van der Waals surface area contributed by atoms with Crippen molar-refractivity contribution in [1.29, 1.82) is 0 Å². The zero-order chi connectivity index (χ0) is 17.3. The molecule has 1 saturated carbocycles. The summed E-state index contributed by atoms with van der Waals surface area (Å²) in [7, 11) is 0. The van der Waals surface area contributed by atoms with Crippen molar-refractivity contribution >= 4 is 5.91 Å². The van der Waals surface area contributed by atoms with Crippen molar-refractivity contribution in [2.45, 2.75) is 45.1 Å². The van der Waals surface area contributed by atoms with Crippen LogP contribution < -0.4 is 5.32 Å². The van der Waals surface area contributed by atoms with Crippen LogP contribution in [-0.4, -0.2) is 55.0 Å². The van der Waals surface area contributed by atoms with Gasteiger partial charge in [-0.15, -0.1) is 0 Å². The fraction of sp³-hybridized carbons (Fsp3) is 0.667. The van der Waals surface area contributed by atoms with Gasteiger partial charge in [0.05, 0.1) is 0 Å². The van der Waals surface area contributed by atoms with E-state index in [0.717, 1.165) is 52.0 Å². The third-order valence-electron chi connectivity index (χ3n) is 5.61. The van der Waals surface area contributed by atoms with Gasteiger partial charge in [0.25, 0.3) is 0 Å². The van der Waals surface area contributed by atoms with E-state index >= 15 is 0 Å². The van der Waals surface area contributed by atoms with Crippen LogP contribution in [0, 0.1) is 5.92 Å². The van der Waals surface area contributed by atoms with Crippen LogP contribution in [-0.2, 0) is 11.3 Å². The minimum absolute atomic E-state index is 0.294. The van der Waals surface area contributed by atoms with E-state index in [1.165, 1.54) is 37.9 Å². The molecule has 0 aromatic heterocycles. The Hall–Kier alpha value is -1.39. The topological polar surface area (TPSA) is 35.6 Å². The second-order valence-electron chi connectivity index (χ2n) is 7.58. The van der Waals surface area contributed by atoms with Crippen LogP contribution >= 0.6 is 0 Å². The molecule has 138 valence electrons. The van der Waals surface area contributed by atoms with Crippen molar-refractivity contribution in [3.63, 3.8) is 0 Å². The number of benzene rings is 1. The highest BCUT2D eigenvalue weighted by Gasteiger charge is 2.22. The molecule has 25 heavy (non-hydrogen) atoms. The van der Waals surface area contributed by atoms with Crippen molar-refractivity contribution < 1.29 is 4.79 Å². The Labute approximate surface area is 152 Å². The molecule has 0 spiro atoms. The normalized spacial score (nSPS) is 20.5. The lowest BCUT2D eigenvalue weighted by molar-refractivity contribution is -0.124. The Bertz CT molecular complexity index is 513. The lowest BCUT2D eigenvalue weighted by Crippen LogP contribution is -2.34.